The van der Waals surface area contributed by atoms with Gasteiger partial charge in [-0.15, -0.1) is 0 Å². The Balaban J connectivity index is 1.78. The van der Waals surface area contributed by atoms with Crippen molar-refractivity contribution in [3.8, 4) is 11.5 Å². The summed E-state index contributed by atoms with van der Waals surface area (Å²) in [6.45, 7) is 0.0451. The van der Waals surface area contributed by atoms with Crippen molar-refractivity contribution < 1.29 is 14.6 Å². The number of aromatic hydroxyl groups is 1. The number of phenolic OH excluding ortho intramolecular Hbond substituents is 1. The van der Waals surface area contributed by atoms with Gasteiger partial charge in [0.15, 0.2) is 6.73 Å². The van der Waals surface area contributed by atoms with Crippen LogP contribution in [-0.4, -0.2) is 17.9 Å². The van der Waals surface area contributed by atoms with Crippen molar-refractivity contribution in [1.82, 2.24) is 5.32 Å². The molecule has 98 valence electrons. The number of ether oxygens (including phenoxy) is 1. The molecule has 19 heavy (non-hydrogen) atoms. The monoisotopic (exact) mass is 258 g/mol. The lowest BCUT2D eigenvalue weighted by atomic mass is 10.3. The third kappa shape index (κ3) is 3.92. The van der Waals surface area contributed by atoms with Crippen molar-refractivity contribution in [3.05, 3.63) is 54.6 Å². The minimum atomic E-state index is -0.447. The maximum absolute atomic E-state index is 11.5. The number of amides is 2. The third-order valence-corrected chi connectivity index (χ3v) is 2.37. The molecule has 0 aliphatic carbocycles. The summed E-state index contributed by atoms with van der Waals surface area (Å²) in [5.41, 5.74) is 0.347. The Morgan fingerprint density at radius 1 is 1.05 bits per heavy atom. The second-order valence-corrected chi connectivity index (χ2v) is 3.75. The number of rotatable bonds is 4. The Bertz CT molecular complexity index is 543. The SMILES string of the molecule is O=C(NCOc1ccccc1)Nc1ccccc1O. The lowest BCUT2D eigenvalue weighted by Gasteiger charge is -2.10. The van der Waals surface area contributed by atoms with E-state index in [1.54, 1.807) is 30.3 Å². The molecule has 3 N–H and O–H groups in total. The Morgan fingerprint density at radius 2 is 1.74 bits per heavy atom. The number of urea groups is 1. The van der Waals surface area contributed by atoms with E-state index in [-0.39, 0.29) is 12.5 Å². The fourth-order valence-electron chi connectivity index (χ4n) is 1.45. The van der Waals surface area contributed by atoms with Gasteiger partial charge < -0.3 is 20.5 Å². The number of hydrogen-bond donors (Lipinski definition) is 3. The number of phenols is 1. The topological polar surface area (TPSA) is 70.6 Å². The summed E-state index contributed by atoms with van der Waals surface area (Å²) in [4.78, 5) is 11.5. The zero-order valence-electron chi connectivity index (χ0n) is 10.2. The zero-order valence-corrected chi connectivity index (χ0v) is 10.2. The average molecular weight is 258 g/mol. The van der Waals surface area contributed by atoms with Gasteiger partial charge in [0.05, 0.1) is 5.69 Å². The van der Waals surface area contributed by atoms with Gasteiger partial charge in [0.2, 0.25) is 0 Å². The number of carbonyl (C=O) groups excluding carboxylic acids is 1. The van der Waals surface area contributed by atoms with E-state index in [1.807, 2.05) is 18.2 Å². The maximum Gasteiger partial charge on any atom is 0.321 e. The molecular weight excluding hydrogens is 244 g/mol. The van der Waals surface area contributed by atoms with E-state index in [1.165, 1.54) is 6.07 Å². The molecule has 0 aromatic heterocycles. The molecule has 0 atom stereocenters. The van der Waals surface area contributed by atoms with Gasteiger partial charge >= 0.3 is 6.03 Å². The smallest absolute Gasteiger partial charge is 0.321 e. The van der Waals surface area contributed by atoms with Crippen molar-refractivity contribution in [3.63, 3.8) is 0 Å². The third-order valence-electron chi connectivity index (χ3n) is 2.37. The predicted molar refractivity (Wildman–Crippen MR) is 72.2 cm³/mol. The fourth-order valence-corrected chi connectivity index (χ4v) is 1.45. The first kappa shape index (κ1) is 12.8. The Kier molecular flexibility index (Phi) is 4.23. The highest BCUT2D eigenvalue weighted by molar-refractivity contribution is 5.90. The van der Waals surface area contributed by atoms with Gasteiger partial charge in [0, 0.05) is 0 Å². The van der Waals surface area contributed by atoms with Crippen LogP contribution in [0.1, 0.15) is 0 Å². The van der Waals surface area contributed by atoms with Gasteiger partial charge in [-0.3, -0.25) is 0 Å². The molecule has 2 aromatic rings. The minimum absolute atomic E-state index is 0.0154. The van der Waals surface area contributed by atoms with Gasteiger partial charge in [-0.2, -0.15) is 0 Å². The van der Waals surface area contributed by atoms with Crippen molar-refractivity contribution >= 4 is 11.7 Å². The van der Waals surface area contributed by atoms with Crippen LogP contribution in [0.5, 0.6) is 11.5 Å². The van der Waals surface area contributed by atoms with Crippen LogP contribution in [0, 0.1) is 0 Å². The van der Waals surface area contributed by atoms with Crippen molar-refractivity contribution in [2.75, 3.05) is 12.0 Å². The number of para-hydroxylation sites is 3. The molecule has 0 bridgehead atoms. The lowest BCUT2D eigenvalue weighted by Crippen LogP contribution is -2.32. The molecular formula is C14H14N2O3. The van der Waals surface area contributed by atoms with Gasteiger partial charge in [0.25, 0.3) is 0 Å². The first-order valence-electron chi connectivity index (χ1n) is 5.76. The highest BCUT2D eigenvalue weighted by Gasteiger charge is 2.04. The zero-order chi connectivity index (χ0) is 13.5. The first-order valence-corrected chi connectivity index (χ1v) is 5.76. The summed E-state index contributed by atoms with van der Waals surface area (Å²) < 4.78 is 5.31. The Morgan fingerprint density at radius 3 is 2.47 bits per heavy atom. The van der Waals surface area contributed by atoms with Crippen molar-refractivity contribution in [1.29, 1.82) is 0 Å². The van der Waals surface area contributed by atoms with Crippen molar-refractivity contribution in [2.24, 2.45) is 0 Å². The second-order valence-electron chi connectivity index (χ2n) is 3.75. The number of nitrogens with one attached hydrogen (secondary N) is 2. The normalized spacial score (nSPS) is 9.68. The highest BCUT2D eigenvalue weighted by atomic mass is 16.5. The van der Waals surface area contributed by atoms with Gasteiger partial charge in [-0.1, -0.05) is 30.3 Å². The largest absolute Gasteiger partial charge is 0.506 e. The number of hydrogen-bond acceptors (Lipinski definition) is 3. The Hall–Kier alpha value is -2.69. The summed E-state index contributed by atoms with van der Waals surface area (Å²) >= 11 is 0. The molecule has 0 unspecified atom stereocenters. The Labute approximate surface area is 110 Å². The van der Waals surface area contributed by atoms with Gasteiger partial charge in [0.1, 0.15) is 11.5 Å². The summed E-state index contributed by atoms with van der Waals surface area (Å²) in [6.07, 6.45) is 0. The standard InChI is InChI=1S/C14H14N2O3/c17-13-9-5-4-8-12(13)16-14(18)15-10-19-11-6-2-1-3-7-11/h1-9,17H,10H2,(H2,15,16,18). The molecule has 5 nitrogen and oxygen atoms in total. The van der Waals surface area contributed by atoms with Crippen LogP contribution in [0.3, 0.4) is 0 Å². The second kappa shape index (κ2) is 6.30. The molecule has 2 amide bonds. The van der Waals surface area contributed by atoms with Crippen molar-refractivity contribution in [2.45, 2.75) is 0 Å². The summed E-state index contributed by atoms with van der Waals surface area (Å²) in [6, 6.07) is 15.2. The average Bonchev–Trinajstić information content (AvgIpc) is 2.43. The quantitative estimate of drug-likeness (QED) is 0.583. The molecule has 2 rings (SSSR count). The van der Waals surface area contributed by atoms with Crippen LogP contribution in [-0.2, 0) is 0 Å². The van der Waals surface area contributed by atoms with Gasteiger partial charge in [-0.25, -0.2) is 4.79 Å². The van der Waals surface area contributed by atoms with E-state index in [0.29, 0.717) is 11.4 Å². The van der Waals surface area contributed by atoms with Crippen LogP contribution in [0.4, 0.5) is 10.5 Å². The number of anilines is 1. The van der Waals surface area contributed by atoms with E-state index in [2.05, 4.69) is 10.6 Å². The highest BCUT2D eigenvalue weighted by Crippen LogP contribution is 2.20. The first-order chi connectivity index (χ1) is 9.25. The molecule has 0 radical (unpaired) electrons. The molecule has 0 aliphatic rings. The van der Waals surface area contributed by atoms with Crippen LogP contribution in [0.15, 0.2) is 54.6 Å². The number of carbonyl (C=O) groups is 1. The van der Waals surface area contributed by atoms with Gasteiger partial charge in [-0.05, 0) is 24.3 Å². The molecule has 0 saturated heterocycles. The minimum Gasteiger partial charge on any atom is -0.506 e. The molecule has 0 spiro atoms. The van der Waals surface area contributed by atoms with E-state index < -0.39 is 6.03 Å². The molecule has 5 heteroatoms. The van der Waals surface area contributed by atoms with E-state index in [4.69, 9.17) is 4.74 Å². The van der Waals surface area contributed by atoms with Crippen LogP contribution in [0.2, 0.25) is 0 Å². The lowest BCUT2D eigenvalue weighted by molar-refractivity contribution is 0.234. The maximum atomic E-state index is 11.5. The molecule has 0 heterocycles. The molecule has 0 fully saturated rings. The summed E-state index contributed by atoms with van der Waals surface area (Å²) in [5, 5.41) is 14.5. The molecule has 0 saturated carbocycles. The predicted octanol–water partition coefficient (Wildman–Crippen LogP) is 2.55. The summed E-state index contributed by atoms with van der Waals surface area (Å²) in [5.74, 6) is 0.687. The summed E-state index contributed by atoms with van der Waals surface area (Å²) in [7, 11) is 0. The van der Waals surface area contributed by atoms with E-state index in [9.17, 15) is 9.90 Å². The van der Waals surface area contributed by atoms with E-state index in [0.717, 1.165) is 0 Å². The fraction of sp³-hybridized carbons (Fsp3) is 0.0714. The number of benzene rings is 2. The molecule has 2 aromatic carbocycles. The van der Waals surface area contributed by atoms with Crippen LogP contribution < -0.4 is 15.4 Å². The van der Waals surface area contributed by atoms with Crippen LogP contribution in [0.25, 0.3) is 0 Å². The van der Waals surface area contributed by atoms with E-state index >= 15 is 0 Å². The van der Waals surface area contributed by atoms with Crippen LogP contribution >= 0.6 is 0 Å². The molecule has 0 aliphatic heterocycles.